The number of benzene rings is 1. The summed E-state index contributed by atoms with van der Waals surface area (Å²) in [6, 6.07) is 6.62. The first-order valence-corrected chi connectivity index (χ1v) is 8.66. The van der Waals surface area contributed by atoms with Crippen LogP contribution in [0.2, 0.25) is 0 Å². The molecule has 2 aromatic heterocycles. The monoisotopic (exact) mass is 312 g/mol. The van der Waals surface area contributed by atoms with E-state index in [4.69, 9.17) is 4.98 Å². The van der Waals surface area contributed by atoms with E-state index in [1.807, 2.05) is 17.5 Å². The Labute approximate surface area is 134 Å². The predicted octanol–water partition coefficient (Wildman–Crippen LogP) is 3.50. The van der Waals surface area contributed by atoms with E-state index < -0.39 is 0 Å². The highest BCUT2D eigenvalue weighted by Gasteiger charge is 2.29. The third kappa shape index (κ3) is 2.39. The molecule has 0 N–H and O–H groups in total. The lowest BCUT2D eigenvalue weighted by Crippen LogP contribution is -2.48. The second-order valence-electron chi connectivity index (χ2n) is 6.05. The minimum absolute atomic E-state index is 0.700. The average Bonchev–Trinajstić information content (AvgIpc) is 3.07. The van der Waals surface area contributed by atoms with Gasteiger partial charge in [-0.25, -0.2) is 9.97 Å². The minimum Gasteiger partial charge on any atom is -0.347 e. The second-order valence-corrected chi connectivity index (χ2v) is 7.06. The Morgan fingerprint density at radius 2 is 2.18 bits per heavy atom. The van der Waals surface area contributed by atoms with Crippen molar-refractivity contribution >= 4 is 26.7 Å². The molecule has 5 heteroatoms. The lowest BCUT2D eigenvalue weighted by molar-refractivity contribution is 0.354. The fourth-order valence-electron chi connectivity index (χ4n) is 3.03. The van der Waals surface area contributed by atoms with Crippen LogP contribution in [0.15, 0.2) is 30.6 Å². The Bertz CT molecular complexity index is 798. The predicted molar refractivity (Wildman–Crippen MR) is 91.7 cm³/mol. The van der Waals surface area contributed by atoms with Crippen molar-refractivity contribution in [2.24, 2.45) is 5.92 Å². The minimum atomic E-state index is 0.700. The van der Waals surface area contributed by atoms with Crippen molar-refractivity contribution in [2.45, 2.75) is 26.8 Å². The van der Waals surface area contributed by atoms with E-state index in [2.05, 4.69) is 52.7 Å². The molecule has 1 aliphatic heterocycles. The van der Waals surface area contributed by atoms with Crippen molar-refractivity contribution in [3.05, 3.63) is 42.0 Å². The third-order valence-electron chi connectivity index (χ3n) is 4.46. The summed E-state index contributed by atoms with van der Waals surface area (Å²) in [6.45, 7) is 7.51. The first-order valence-electron chi connectivity index (χ1n) is 7.85. The Balaban J connectivity index is 1.45. The van der Waals surface area contributed by atoms with Crippen molar-refractivity contribution in [1.29, 1.82) is 0 Å². The molecule has 0 unspecified atom stereocenters. The SMILES string of the molecule is CCc1ccc2nc(N3CC(Cn4ccnc4C)C3)sc2c1. The fourth-order valence-corrected chi connectivity index (χ4v) is 4.08. The lowest BCUT2D eigenvalue weighted by atomic mass is 10.0. The first-order chi connectivity index (χ1) is 10.7. The standard InChI is InChI=1S/C17H20N4S/c1-3-13-4-5-15-16(8-13)22-17(19-15)21-10-14(11-21)9-20-7-6-18-12(20)2/h4-8,14H,3,9-11H2,1-2H3. The molecule has 0 spiro atoms. The van der Waals surface area contributed by atoms with Gasteiger partial charge in [-0.05, 0) is 31.0 Å². The number of aryl methyl sites for hydroxylation is 2. The maximum atomic E-state index is 4.78. The van der Waals surface area contributed by atoms with Crippen molar-refractivity contribution < 1.29 is 0 Å². The number of nitrogens with zero attached hydrogens (tertiary/aromatic N) is 4. The molecule has 0 saturated carbocycles. The van der Waals surface area contributed by atoms with Crippen molar-refractivity contribution in [3.8, 4) is 0 Å². The highest BCUT2D eigenvalue weighted by Crippen LogP contribution is 2.33. The number of anilines is 1. The number of hydrogen-bond donors (Lipinski definition) is 0. The Morgan fingerprint density at radius 1 is 1.32 bits per heavy atom. The van der Waals surface area contributed by atoms with Gasteiger partial charge in [0.2, 0.25) is 0 Å². The molecule has 3 heterocycles. The first kappa shape index (κ1) is 13.8. The molecular formula is C17H20N4S. The van der Waals surface area contributed by atoms with Crippen LogP contribution in [-0.2, 0) is 13.0 Å². The fraction of sp³-hybridized carbons (Fsp3) is 0.412. The molecule has 1 aromatic carbocycles. The second kappa shape index (κ2) is 5.39. The largest absolute Gasteiger partial charge is 0.347 e. The Hall–Kier alpha value is -1.88. The van der Waals surface area contributed by atoms with Crippen LogP contribution >= 0.6 is 11.3 Å². The summed E-state index contributed by atoms with van der Waals surface area (Å²) in [7, 11) is 0. The van der Waals surface area contributed by atoms with Gasteiger partial charge in [-0.15, -0.1) is 0 Å². The quantitative estimate of drug-likeness (QED) is 0.739. The van der Waals surface area contributed by atoms with Gasteiger partial charge in [0.05, 0.1) is 10.2 Å². The molecule has 0 amide bonds. The molecule has 22 heavy (non-hydrogen) atoms. The van der Waals surface area contributed by atoms with Crippen LogP contribution in [-0.4, -0.2) is 27.6 Å². The summed E-state index contributed by atoms with van der Waals surface area (Å²) in [6.07, 6.45) is 5.03. The van der Waals surface area contributed by atoms with Crippen LogP contribution in [0.5, 0.6) is 0 Å². The zero-order valence-corrected chi connectivity index (χ0v) is 13.8. The molecule has 114 valence electrons. The number of fused-ring (bicyclic) bond motifs is 1. The van der Waals surface area contributed by atoms with Gasteiger partial charge in [0.15, 0.2) is 5.13 Å². The maximum absolute atomic E-state index is 4.78. The third-order valence-corrected chi connectivity index (χ3v) is 5.53. The number of hydrogen-bond acceptors (Lipinski definition) is 4. The van der Waals surface area contributed by atoms with E-state index in [0.717, 1.165) is 37.4 Å². The van der Waals surface area contributed by atoms with Crippen LogP contribution < -0.4 is 4.90 Å². The van der Waals surface area contributed by atoms with Crippen molar-refractivity contribution in [1.82, 2.24) is 14.5 Å². The van der Waals surface area contributed by atoms with E-state index in [0.29, 0.717) is 5.92 Å². The molecule has 4 nitrogen and oxygen atoms in total. The van der Waals surface area contributed by atoms with Crippen LogP contribution in [0.3, 0.4) is 0 Å². The van der Waals surface area contributed by atoms with E-state index in [1.54, 1.807) is 0 Å². The van der Waals surface area contributed by atoms with Crippen LogP contribution in [0.4, 0.5) is 5.13 Å². The van der Waals surface area contributed by atoms with E-state index in [9.17, 15) is 0 Å². The summed E-state index contributed by atoms with van der Waals surface area (Å²) in [5, 5.41) is 1.17. The number of rotatable bonds is 4. The maximum Gasteiger partial charge on any atom is 0.186 e. The van der Waals surface area contributed by atoms with Gasteiger partial charge in [-0.3, -0.25) is 0 Å². The molecule has 3 aromatic rings. The molecule has 1 saturated heterocycles. The molecule has 0 radical (unpaired) electrons. The van der Waals surface area contributed by atoms with Gasteiger partial charge in [0.1, 0.15) is 5.82 Å². The summed E-state index contributed by atoms with van der Waals surface area (Å²) in [5.74, 6) is 1.80. The van der Waals surface area contributed by atoms with Gasteiger partial charge in [0, 0.05) is 37.9 Å². The number of imidazole rings is 1. The van der Waals surface area contributed by atoms with Gasteiger partial charge >= 0.3 is 0 Å². The highest BCUT2D eigenvalue weighted by atomic mass is 32.1. The topological polar surface area (TPSA) is 34.0 Å². The van der Waals surface area contributed by atoms with Crippen LogP contribution in [0, 0.1) is 12.8 Å². The normalized spacial score (nSPS) is 15.5. The van der Waals surface area contributed by atoms with Gasteiger partial charge in [-0.1, -0.05) is 24.3 Å². The summed E-state index contributed by atoms with van der Waals surface area (Å²) in [5.41, 5.74) is 2.52. The van der Waals surface area contributed by atoms with E-state index in [1.165, 1.54) is 15.4 Å². The molecule has 4 rings (SSSR count). The molecule has 0 bridgehead atoms. The van der Waals surface area contributed by atoms with Gasteiger partial charge in [0.25, 0.3) is 0 Å². The smallest absolute Gasteiger partial charge is 0.186 e. The number of aromatic nitrogens is 3. The zero-order chi connectivity index (χ0) is 15.1. The summed E-state index contributed by atoms with van der Waals surface area (Å²) < 4.78 is 3.55. The van der Waals surface area contributed by atoms with Crippen molar-refractivity contribution in [3.63, 3.8) is 0 Å². The van der Waals surface area contributed by atoms with Gasteiger partial charge in [-0.2, -0.15) is 0 Å². The number of thiazole rings is 1. The zero-order valence-electron chi connectivity index (χ0n) is 13.0. The molecule has 1 aliphatic rings. The van der Waals surface area contributed by atoms with E-state index in [-0.39, 0.29) is 0 Å². The Kier molecular flexibility index (Phi) is 3.37. The van der Waals surface area contributed by atoms with E-state index >= 15 is 0 Å². The van der Waals surface area contributed by atoms with Crippen molar-refractivity contribution in [2.75, 3.05) is 18.0 Å². The summed E-state index contributed by atoms with van der Waals surface area (Å²) in [4.78, 5) is 11.5. The lowest BCUT2D eigenvalue weighted by Gasteiger charge is -2.39. The van der Waals surface area contributed by atoms with Crippen LogP contribution in [0.1, 0.15) is 18.3 Å². The Morgan fingerprint density at radius 3 is 2.91 bits per heavy atom. The molecule has 1 fully saturated rings. The molecule has 0 aliphatic carbocycles. The molecular weight excluding hydrogens is 292 g/mol. The van der Waals surface area contributed by atoms with Crippen LogP contribution in [0.25, 0.3) is 10.2 Å². The summed E-state index contributed by atoms with van der Waals surface area (Å²) >= 11 is 1.82. The molecule has 0 atom stereocenters. The average molecular weight is 312 g/mol. The van der Waals surface area contributed by atoms with Gasteiger partial charge < -0.3 is 9.47 Å². The highest BCUT2D eigenvalue weighted by molar-refractivity contribution is 7.22.